The monoisotopic (exact) mass is 185 g/mol. The van der Waals surface area contributed by atoms with Gasteiger partial charge in [0.1, 0.15) is 24.2 Å². The molecule has 0 aliphatic rings. The second-order valence-corrected chi connectivity index (χ2v) is 2.67. The van der Waals surface area contributed by atoms with E-state index in [-0.39, 0.29) is 13.0 Å². The summed E-state index contributed by atoms with van der Waals surface area (Å²) in [6.07, 6.45) is 0.134. The summed E-state index contributed by atoms with van der Waals surface area (Å²) < 4.78 is 5.06. The maximum absolute atomic E-state index is 10.4. The third kappa shape index (κ3) is 2.57. The molecule has 0 saturated carbocycles. The van der Waals surface area contributed by atoms with Crippen molar-refractivity contribution >= 4 is 5.97 Å². The first-order valence-corrected chi connectivity index (χ1v) is 3.80. The summed E-state index contributed by atoms with van der Waals surface area (Å²) in [6.45, 7) is -0.192. The first kappa shape index (κ1) is 9.76. The minimum Gasteiger partial charge on any atom is -0.480 e. The van der Waals surface area contributed by atoms with Crippen LogP contribution in [0.4, 0.5) is 0 Å². The predicted octanol–water partition coefficient (Wildman–Crippen LogP) is -0.274. The van der Waals surface area contributed by atoms with Crippen molar-refractivity contribution < 1.29 is 19.4 Å². The van der Waals surface area contributed by atoms with Gasteiger partial charge in [-0.1, -0.05) is 0 Å². The fraction of sp³-hybridized carbons (Fsp3) is 0.375. The first-order chi connectivity index (χ1) is 6.13. The summed E-state index contributed by atoms with van der Waals surface area (Å²) in [7, 11) is 0. The van der Waals surface area contributed by atoms with Crippen LogP contribution in [0.15, 0.2) is 16.5 Å². The number of furan rings is 1. The lowest BCUT2D eigenvalue weighted by Crippen LogP contribution is -2.32. The number of aliphatic carboxylic acids is 1. The Bertz CT molecular complexity index is 294. The Balaban J connectivity index is 2.58. The Labute approximate surface area is 74.8 Å². The van der Waals surface area contributed by atoms with E-state index in [4.69, 9.17) is 20.4 Å². The fourth-order valence-electron chi connectivity index (χ4n) is 0.921. The third-order valence-electron chi connectivity index (χ3n) is 1.61. The van der Waals surface area contributed by atoms with Crippen LogP contribution in [0, 0.1) is 0 Å². The van der Waals surface area contributed by atoms with Crippen molar-refractivity contribution in [2.75, 3.05) is 0 Å². The zero-order chi connectivity index (χ0) is 9.84. The van der Waals surface area contributed by atoms with E-state index in [2.05, 4.69) is 0 Å². The van der Waals surface area contributed by atoms with E-state index >= 15 is 0 Å². The molecule has 1 rings (SSSR count). The number of carboxylic acids is 1. The van der Waals surface area contributed by atoms with E-state index in [0.29, 0.717) is 11.5 Å². The first-order valence-electron chi connectivity index (χ1n) is 3.80. The largest absolute Gasteiger partial charge is 0.480 e. The lowest BCUT2D eigenvalue weighted by molar-refractivity contribution is -0.138. The Morgan fingerprint density at radius 2 is 2.15 bits per heavy atom. The van der Waals surface area contributed by atoms with Gasteiger partial charge in [-0.25, -0.2) is 0 Å². The highest BCUT2D eigenvalue weighted by Crippen LogP contribution is 2.09. The van der Waals surface area contributed by atoms with Gasteiger partial charge in [0, 0.05) is 6.42 Å². The van der Waals surface area contributed by atoms with Crippen molar-refractivity contribution in [2.24, 2.45) is 5.73 Å². The summed E-state index contributed by atoms with van der Waals surface area (Å²) in [5, 5.41) is 17.1. The van der Waals surface area contributed by atoms with Crippen molar-refractivity contribution in [1.82, 2.24) is 0 Å². The van der Waals surface area contributed by atoms with E-state index < -0.39 is 12.0 Å². The normalized spacial score (nSPS) is 12.8. The van der Waals surface area contributed by atoms with Crippen LogP contribution in [-0.4, -0.2) is 22.2 Å². The number of carbonyl (C=O) groups is 1. The van der Waals surface area contributed by atoms with Crippen LogP contribution in [0.25, 0.3) is 0 Å². The number of carboxylic acid groups (broad SMARTS) is 1. The molecule has 5 nitrogen and oxygen atoms in total. The van der Waals surface area contributed by atoms with E-state index in [1.54, 1.807) is 12.1 Å². The Hall–Kier alpha value is -1.33. The standard InChI is InChI=1S/C8H11NO4/c9-7(8(11)12)3-5-1-2-6(4-10)13-5/h1-2,7,10H,3-4,9H2,(H,11,12). The smallest absolute Gasteiger partial charge is 0.320 e. The molecule has 0 amide bonds. The predicted molar refractivity (Wildman–Crippen MR) is 43.9 cm³/mol. The summed E-state index contributed by atoms with van der Waals surface area (Å²) in [4.78, 5) is 10.4. The summed E-state index contributed by atoms with van der Waals surface area (Å²) >= 11 is 0. The molecule has 0 aromatic carbocycles. The van der Waals surface area contributed by atoms with Crippen molar-refractivity contribution in [3.05, 3.63) is 23.7 Å². The van der Waals surface area contributed by atoms with Crippen molar-refractivity contribution in [1.29, 1.82) is 0 Å². The molecular formula is C8H11NO4. The molecule has 0 bridgehead atoms. The van der Waals surface area contributed by atoms with E-state index in [1.165, 1.54) is 0 Å². The molecule has 1 aromatic rings. The van der Waals surface area contributed by atoms with Gasteiger partial charge < -0.3 is 20.4 Å². The maximum atomic E-state index is 10.4. The van der Waals surface area contributed by atoms with Gasteiger partial charge in [0.15, 0.2) is 0 Å². The van der Waals surface area contributed by atoms with E-state index in [9.17, 15) is 4.79 Å². The molecule has 72 valence electrons. The Kier molecular flexibility index (Phi) is 3.05. The minimum atomic E-state index is -1.07. The van der Waals surface area contributed by atoms with Crippen molar-refractivity contribution in [3.8, 4) is 0 Å². The summed E-state index contributed by atoms with van der Waals surface area (Å²) in [5.41, 5.74) is 5.28. The molecule has 0 radical (unpaired) electrons. The van der Waals surface area contributed by atoms with Crippen LogP contribution in [0.2, 0.25) is 0 Å². The van der Waals surface area contributed by atoms with Crippen LogP contribution >= 0.6 is 0 Å². The van der Waals surface area contributed by atoms with Gasteiger partial charge in [0.2, 0.25) is 0 Å². The zero-order valence-electron chi connectivity index (χ0n) is 6.93. The van der Waals surface area contributed by atoms with Gasteiger partial charge in [-0.15, -0.1) is 0 Å². The highest BCUT2D eigenvalue weighted by molar-refractivity contribution is 5.73. The molecule has 13 heavy (non-hydrogen) atoms. The molecular weight excluding hydrogens is 174 g/mol. The molecule has 1 unspecified atom stereocenters. The molecule has 5 heteroatoms. The van der Waals surface area contributed by atoms with Gasteiger partial charge in [0.05, 0.1) is 0 Å². The molecule has 4 N–H and O–H groups in total. The molecule has 0 aliphatic heterocycles. The number of aliphatic hydroxyl groups is 1. The highest BCUT2D eigenvalue weighted by atomic mass is 16.4. The quantitative estimate of drug-likeness (QED) is 0.599. The van der Waals surface area contributed by atoms with Crippen molar-refractivity contribution in [2.45, 2.75) is 19.1 Å². The lowest BCUT2D eigenvalue weighted by atomic mass is 10.2. The average Bonchev–Trinajstić information content (AvgIpc) is 2.52. The number of rotatable bonds is 4. The number of nitrogens with two attached hydrogens (primary N) is 1. The zero-order valence-corrected chi connectivity index (χ0v) is 6.93. The fourth-order valence-corrected chi connectivity index (χ4v) is 0.921. The molecule has 0 aliphatic carbocycles. The van der Waals surface area contributed by atoms with Crippen LogP contribution in [0.3, 0.4) is 0 Å². The number of hydrogen-bond acceptors (Lipinski definition) is 4. The van der Waals surface area contributed by atoms with Gasteiger partial charge in [-0.05, 0) is 12.1 Å². The summed E-state index contributed by atoms with van der Waals surface area (Å²) in [5.74, 6) is -0.187. The van der Waals surface area contributed by atoms with Crippen LogP contribution in [0.1, 0.15) is 11.5 Å². The molecule has 1 aromatic heterocycles. The molecule has 1 heterocycles. The van der Waals surface area contributed by atoms with E-state index in [0.717, 1.165) is 0 Å². The number of hydrogen-bond donors (Lipinski definition) is 3. The van der Waals surface area contributed by atoms with Crippen LogP contribution < -0.4 is 5.73 Å². The Morgan fingerprint density at radius 3 is 2.62 bits per heavy atom. The SMILES string of the molecule is NC(Cc1ccc(CO)o1)C(=O)O. The van der Waals surface area contributed by atoms with Crippen LogP contribution in [-0.2, 0) is 17.8 Å². The lowest BCUT2D eigenvalue weighted by Gasteiger charge is -2.02. The van der Waals surface area contributed by atoms with Crippen molar-refractivity contribution in [3.63, 3.8) is 0 Å². The van der Waals surface area contributed by atoms with Gasteiger partial charge >= 0.3 is 5.97 Å². The Morgan fingerprint density at radius 1 is 1.54 bits per heavy atom. The highest BCUT2D eigenvalue weighted by Gasteiger charge is 2.14. The number of aliphatic hydroxyl groups excluding tert-OH is 1. The molecule has 0 spiro atoms. The van der Waals surface area contributed by atoms with E-state index in [1.807, 2.05) is 0 Å². The van der Waals surface area contributed by atoms with Crippen LogP contribution in [0.5, 0.6) is 0 Å². The minimum absolute atomic E-state index is 0.134. The second kappa shape index (κ2) is 4.06. The molecule has 1 atom stereocenters. The average molecular weight is 185 g/mol. The molecule has 0 saturated heterocycles. The van der Waals surface area contributed by atoms with Gasteiger partial charge in [-0.3, -0.25) is 4.79 Å². The second-order valence-electron chi connectivity index (χ2n) is 2.67. The maximum Gasteiger partial charge on any atom is 0.320 e. The third-order valence-corrected chi connectivity index (χ3v) is 1.61. The molecule has 0 fully saturated rings. The summed E-state index contributed by atoms with van der Waals surface area (Å²) in [6, 6.07) is 2.23. The topological polar surface area (TPSA) is 96.7 Å². The van der Waals surface area contributed by atoms with Gasteiger partial charge in [0.25, 0.3) is 0 Å². The van der Waals surface area contributed by atoms with Gasteiger partial charge in [-0.2, -0.15) is 0 Å².